The number of hydrogen-bond donors (Lipinski definition) is 2. The largest absolute Gasteiger partial charge is 0.352 e. The van der Waals surface area contributed by atoms with Crippen molar-refractivity contribution < 1.29 is 9.18 Å². The average molecular weight is 376 g/mol. The smallest absolute Gasteiger partial charge is 0.255 e. The monoisotopic (exact) mass is 376 g/mol. The SMILES string of the molecule is O=C(NCCC1CCCNC1)c1c(F)cccc1I. The first-order valence-corrected chi connectivity index (χ1v) is 7.69. The highest BCUT2D eigenvalue weighted by Gasteiger charge is 2.16. The zero-order valence-electron chi connectivity index (χ0n) is 10.7. The van der Waals surface area contributed by atoms with E-state index in [1.54, 1.807) is 12.1 Å². The molecule has 1 aliphatic rings. The molecule has 0 bridgehead atoms. The van der Waals surface area contributed by atoms with Crippen molar-refractivity contribution in [2.45, 2.75) is 19.3 Å². The van der Waals surface area contributed by atoms with Crippen LogP contribution in [0, 0.1) is 15.3 Å². The lowest BCUT2D eigenvalue weighted by molar-refractivity contribution is 0.0945. The summed E-state index contributed by atoms with van der Waals surface area (Å²) in [4.78, 5) is 12.0. The minimum Gasteiger partial charge on any atom is -0.352 e. The topological polar surface area (TPSA) is 41.1 Å². The molecule has 1 fully saturated rings. The third-order valence-electron chi connectivity index (χ3n) is 3.43. The summed E-state index contributed by atoms with van der Waals surface area (Å²) in [6.45, 7) is 2.72. The van der Waals surface area contributed by atoms with Crippen LogP contribution < -0.4 is 10.6 Å². The molecule has 5 heteroatoms. The van der Waals surface area contributed by atoms with E-state index in [1.807, 2.05) is 22.6 Å². The number of amides is 1. The lowest BCUT2D eigenvalue weighted by Crippen LogP contribution is -2.33. The molecule has 1 unspecified atom stereocenters. The van der Waals surface area contributed by atoms with Gasteiger partial charge >= 0.3 is 0 Å². The van der Waals surface area contributed by atoms with Gasteiger partial charge in [-0.1, -0.05) is 6.07 Å². The Balaban J connectivity index is 1.84. The van der Waals surface area contributed by atoms with E-state index in [2.05, 4.69) is 10.6 Å². The molecule has 0 aromatic heterocycles. The molecule has 1 saturated heterocycles. The number of piperidine rings is 1. The number of carbonyl (C=O) groups excluding carboxylic acids is 1. The fraction of sp³-hybridized carbons (Fsp3) is 0.500. The van der Waals surface area contributed by atoms with Crippen molar-refractivity contribution in [3.63, 3.8) is 0 Å². The van der Waals surface area contributed by atoms with Gasteiger partial charge in [0.05, 0.1) is 5.56 Å². The molecule has 104 valence electrons. The van der Waals surface area contributed by atoms with Gasteiger partial charge in [-0.25, -0.2) is 4.39 Å². The molecule has 1 atom stereocenters. The Hall–Kier alpha value is -0.690. The highest BCUT2D eigenvalue weighted by atomic mass is 127. The van der Waals surface area contributed by atoms with Crippen LogP contribution in [-0.2, 0) is 0 Å². The number of benzene rings is 1. The molecule has 0 aliphatic carbocycles. The number of halogens is 2. The second kappa shape index (κ2) is 7.19. The Labute approximate surface area is 126 Å². The molecule has 1 aliphatic heterocycles. The van der Waals surface area contributed by atoms with Crippen molar-refractivity contribution in [2.75, 3.05) is 19.6 Å². The summed E-state index contributed by atoms with van der Waals surface area (Å²) < 4.78 is 14.3. The van der Waals surface area contributed by atoms with Gasteiger partial charge in [0, 0.05) is 10.1 Å². The molecule has 1 aromatic rings. The van der Waals surface area contributed by atoms with Crippen LogP contribution in [0.15, 0.2) is 18.2 Å². The zero-order valence-corrected chi connectivity index (χ0v) is 12.9. The highest BCUT2D eigenvalue weighted by Crippen LogP contribution is 2.16. The fourth-order valence-corrected chi connectivity index (χ4v) is 3.07. The molecule has 0 saturated carbocycles. The van der Waals surface area contributed by atoms with Crippen molar-refractivity contribution in [3.8, 4) is 0 Å². The lowest BCUT2D eigenvalue weighted by Gasteiger charge is -2.22. The molecule has 3 nitrogen and oxygen atoms in total. The number of rotatable bonds is 4. The van der Waals surface area contributed by atoms with Crippen molar-refractivity contribution in [2.24, 2.45) is 5.92 Å². The first-order chi connectivity index (χ1) is 9.18. The van der Waals surface area contributed by atoms with Crippen LogP contribution in [0.25, 0.3) is 0 Å². The van der Waals surface area contributed by atoms with Crippen LogP contribution in [-0.4, -0.2) is 25.5 Å². The lowest BCUT2D eigenvalue weighted by atomic mass is 9.96. The van der Waals surface area contributed by atoms with E-state index in [4.69, 9.17) is 0 Å². The van der Waals surface area contributed by atoms with E-state index >= 15 is 0 Å². The summed E-state index contributed by atoms with van der Waals surface area (Å²) in [5.41, 5.74) is 0.157. The van der Waals surface area contributed by atoms with Gasteiger partial charge in [0.25, 0.3) is 5.91 Å². The van der Waals surface area contributed by atoms with E-state index in [0.717, 1.165) is 19.5 Å². The molecule has 2 rings (SSSR count). The van der Waals surface area contributed by atoms with Crippen LogP contribution in [0.2, 0.25) is 0 Å². The minimum absolute atomic E-state index is 0.157. The second-order valence-electron chi connectivity index (χ2n) is 4.85. The highest BCUT2D eigenvalue weighted by molar-refractivity contribution is 14.1. The summed E-state index contributed by atoms with van der Waals surface area (Å²) in [6.07, 6.45) is 3.35. The van der Waals surface area contributed by atoms with Gasteiger partial charge in [-0.3, -0.25) is 4.79 Å². The first-order valence-electron chi connectivity index (χ1n) is 6.61. The van der Waals surface area contributed by atoms with Crippen molar-refractivity contribution in [3.05, 3.63) is 33.1 Å². The molecule has 0 spiro atoms. The Morgan fingerprint density at radius 1 is 1.53 bits per heavy atom. The van der Waals surface area contributed by atoms with Crippen LogP contribution in [0.3, 0.4) is 0 Å². The van der Waals surface area contributed by atoms with Gasteiger partial charge in [0.1, 0.15) is 5.82 Å². The maximum absolute atomic E-state index is 13.6. The van der Waals surface area contributed by atoms with Gasteiger partial charge < -0.3 is 10.6 Å². The molecular weight excluding hydrogens is 358 g/mol. The van der Waals surface area contributed by atoms with E-state index in [0.29, 0.717) is 16.0 Å². The average Bonchev–Trinajstić information content (AvgIpc) is 2.40. The van der Waals surface area contributed by atoms with Gasteiger partial charge in [0.2, 0.25) is 0 Å². The summed E-state index contributed by atoms with van der Waals surface area (Å²) in [5, 5.41) is 6.17. The van der Waals surface area contributed by atoms with Crippen molar-refractivity contribution in [1.29, 1.82) is 0 Å². The van der Waals surface area contributed by atoms with Crippen LogP contribution in [0.4, 0.5) is 4.39 Å². The maximum Gasteiger partial charge on any atom is 0.255 e. The van der Waals surface area contributed by atoms with Crippen molar-refractivity contribution in [1.82, 2.24) is 10.6 Å². The Morgan fingerprint density at radius 3 is 3.05 bits per heavy atom. The number of carbonyl (C=O) groups is 1. The Bertz CT molecular complexity index is 427. The standard InChI is InChI=1S/C14H18FIN2O/c15-11-4-1-5-12(16)13(11)14(19)18-8-6-10-3-2-7-17-9-10/h1,4-5,10,17H,2-3,6-9H2,(H,18,19). The van der Waals surface area contributed by atoms with E-state index < -0.39 is 5.82 Å². The van der Waals surface area contributed by atoms with E-state index in [-0.39, 0.29) is 11.5 Å². The molecule has 2 N–H and O–H groups in total. The van der Waals surface area contributed by atoms with Crippen LogP contribution in [0.1, 0.15) is 29.6 Å². The molecule has 0 radical (unpaired) electrons. The second-order valence-corrected chi connectivity index (χ2v) is 6.02. The molecule has 1 heterocycles. The summed E-state index contributed by atoms with van der Waals surface area (Å²) >= 11 is 1.99. The Morgan fingerprint density at radius 2 is 2.37 bits per heavy atom. The summed E-state index contributed by atoms with van der Waals surface area (Å²) in [7, 11) is 0. The third-order valence-corrected chi connectivity index (χ3v) is 4.33. The van der Waals surface area contributed by atoms with Crippen molar-refractivity contribution >= 4 is 28.5 Å². The van der Waals surface area contributed by atoms with Crippen LogP contribution in [0.5, 0.6) is 0 Å². The first kappa shape index (κ1) is 14.7. The maximum atomic E-state index is 13.6. The number of nitrogens with one attached hydrogen (secondary N) is 2. The predicted octanol–water partition coefficient (Wildman–Crippen LogP) is 2.55. The molecule has 1 amide bonds. The Kier molecular flexibility index (Phi) is 5.57. The summed E-state index contributed by atoms with van der Waals surface area (Å²) in [6, 6.07) is 4.67. The van der Waals surface area contributed by atoms with Gasteiger partial charge in [-0.05, 0) is 73.0 Å². The van der Waals surface area contributed by atoms with E-state index in [9.17, 15) is 9.18 Å². The van der Waals surface area contributed by atoms with Crippen LogP contribution >= 0.6 is 22.6 Å². The van der Waals surface area contributed by atoms with Gasteiger partial charge in [-0.2, -0.15) is 0 Å². The van der Waals surface area contributed by atoms with E-state index in [1.165, 1.54) is 18.9 Å². The molecular formula is C14H18FIN2O. The summed E-state index contributed by atoms with van der Waals surface area (Å²) in [5.74, 6) is -0.149. The quantitative estimate of drug-likeness (QED) is 0.794. The third kappa shape index (κ3) is 4.14. The normalized spacial score (nSPS) is 19.2. The minimum atomic E-state index is -0.455. The van der Waals surface area contributed by atoms with Gasteiger partial charge in [-0.15, -0.1) is 0 Å². The zero-order chi connectivity index (χ0) is 13.7. The van der Waals surface area contributed by atoms with Gasteiger partial charge in [0.15, 0.2) is 0 Å². The molecule has 19 heavy (non-hydrogen) atoms. The number of hydrogen-bond acceptors (Lipinski definition) is 2. The molecule has 1 aromatic carbocycles. The predicted molar refractivity (Wildman–Crippen MR) is 81.7 cm³/mol. The fourth-order valence-electron chi connectivity index (χ4n) is 2.36.